The lowest BCUT2D eigenvalue weighted by Crippen LogP contribution is -2.08. The Bertz CT molecular complexity index is 486. The van der Waals surface area contributed by atoms with Gasteiger partial charge in [-0.2, -0.15) is 13.2 Å². The molecule has 3 nitrogen and oxygen atoms in total. The van der Waals surface area contributed by atoms with Gasteiger partial charge < -0.3 is 4.74 Å². The molecule has 0 fully saturated rings. The summed E-state index contributed by atoms with van der Waals surface area (Å²) < 4.78 is 42.7. The summed E-state index contributed by atoms with van der Waals surface area (Å²) in [5.41, 5.74) is -1.05. The smallest absolute Gasteiger partial charge is 0.418 e. The highest BCUT2D eigenvalue weighted by molar-refractivity contribution is 6.29. The molecular formula is C12H11ClF3NO2. The normalized spacial score (nSPS) is 11.8. The molecule has 0 atom stereocenters. The number of aromatic nitrogens is 1. The Balaban J connectivity index is 2.90. The van der Waals surface area contributed by atoms with Crippen LogP contribution in [-0.4, -0.2) is 17.6 Å². The van der Waals surface area contributed by atoms with Crippen LogP contribution in [0.3, 0.4) is 0 Å². The van der Waals surface area contributed by atoms with Crippen LogP contribution >= 0.6 is 11.6 Å². The van der Waals surface area contributed by atoms with Gasteiger partial charge in [0.05, 0.1) is 18.6 Å². The maximum atomic E-state index is 12.7. The van der Waals surface area contributed by atoms with Crippen molar-refractivity contribution >= 4 is 23.6 Å². The zero-order chi connectivity index (χ0) is 14.5. The van der Waals surface area contributed by atoms with Crippen LogP contribution in [0.25, 0.3) is 6.08 Å². The van der Waals surface area contributed by atoms with Gasteiger partial charge in [-0.15, -0.1) is 0 Å². The molecule has 0 aliphatic rings. The number of carbonyl (C=O) groups excluding carboxylic acids is 1. The van der Waals surface area contributed by atoms with Crippen molar-refractivity contribution in [3.8, 4) is 0 Å². The Labute approximate surface area is 113 Å². The minimum Gasteiger partial charge on any atom is -0.466 e. The summed E-state index contributed by atoms with van der Waals surface area (Å²) in [6.45, 7) is 1.87. The third kappa shape index (κ3) is 4.90. The maximum Gasteiger partial charge on any atom is 0.418 e. The molecule has 7 heteroatoms. The van der Waals surface area contributed by atoms with E-state index in [4.69, 9.17) is 11.6 Å². The van der Waals surface area contributed by atoms with Crippen molar-refractivity contribution in [1.29, 1.82) is 0 Å². The molecule has 1 aromatic rings. The van der Waals surface area contributed by atoms with Gasteiger partial charge in [0.2, 0.25) is 0 Å². The number of halogens is 4. The van der Waals surface area contributed by atoms with E-state index in [2.05, 4.69) is 9.72 Å². The average Bonchev–Trinajstić information content (AvgIpc) is 2.27. The molecule has 1 heterocycles. The van der Waals surface area contributed by atoms with Crippen LogP contribution in [0.1, 0.15) is 24.5 Å². The van der Waals surface area contributed by atoms with Crippen LogP contribution in [0.15, 0.2) is 18.3 Å². The minimum absolute atomic E-state index is 0.0521. The van der Waals surface area contributed by atoms with Gasteiger partial charge in [-0.05, 0) is 18.6 Å². The standard InChI is InChI=1S/C12H11ClF3NO2/c1-2-19-11(18)5-3-4-8-6-10(13)17-7-9(8)12(14,15)16/h3-4,6-7H,2,5H2,1H3. The number of rotatable bonds is 4. The van der Waals surface area contributed by atoms with Gasteiger partial charge in [0.25, 0.3) is 0 Å². The molecular weight excluding hydrogens is 283 g/mol. The fourth-order valence-corrected chi connectivity index (χ4v) is 1.49. The number of hydrogen-bond acceptors (Lipinski definition) is 3. The molecule has 1 aromatic heterocycles. The highest BCUT2D eigenvalue weighted by Gasteiger charge is 2.33. The first-order valence-electron chi connectivity index (χ1n) is 5.39. The molecule has 104 valence electrons. The average molecular weight is 294 g/mol. The first kappa shape index (κ1) is 15.5. The van der Waals surface area contributed by atoms with E-state index >= 15 is 0 Å². The van der Waals surface area contributed by atoms with E-state index in [9.17, 15) is 18.0 Å². The summed E-state index contributed by atoms with van der Waals surface area (Å²) in [6.07, 6.45) is -1.51. The molecule has 0 aromatic carbocycles. The molecule has 0 N–H and O–H groups in total. The molecule has 0 aliphatic heterocycles. The maximum absolute atomic E-state index is 12.7. The second-order valence-electron chi connectivity index (χ2n) is 3.50. The lowest BCUT2D eigenvalue weighted by Gasteiger charge is -2.09. The lowest BCUT2D eigenvalue weighted by atomic mass is 10.1. The Morgan fingerprint density at radius 2 is 2.21 bits per heavy atom. The fourth-order valence-electron chi connectivity index (χ4n) is 1.32. The Kier molecular flexibility index (Phi) is 5.35. The molecule has 0 saturated heterocycles. The summed E-state index contributed by atoms with van der Waals surface area (Å²) in [7, 11) is 0. The first-order valence-corrected chi connectivity index (χ1v) is 5.77. The van der Waals surface area contributed by atoms with Crippen molar-refractivity contribution in [2.45, 2.75) is 19.5 Å². The summed E-state index contributed by atoms with van der Waals surface area (Å²) in [5.74, 6) is -0.507. The van der Waals surface area contributed by atoms with Crippen molar-refractivity contribution in [2.75, 3.05) is 6.61 Å². The zero-order valence-electron chi connectivity index (χ0n) is 10.00. The van der Waals surface area contributed by atoms with Gasteiger partial charge in [0.1, 0.15) is 5.15 Å². The second kappa shape index (κ2) is 6.56. The highest BCUT2D eigenvalue weighted by Crippen LogP contribution is 2.33. The third-order valence-corrected chi connectivity index (χ3v) is 2.30. The Morgan fingerprint density at radius 3 is 2.79 bits per heavy atom. The predicted molar refractivity (Wildman–Crippen MR) is 64.5 cm³/mol. The molecule has 0 spiro atoms. The van der Waals surface area contributed by atoms with E-state index in [-0.39, 0.29) is 23.7 Å². The van der Waals surface area contributed by atoms with Gasteiger partial charge in [-0.25, -0.2) is 4.98 Å². The van der Waals surface area contributed by atoms with Crippen molar-refractivity contribution in [3.63, 3.8) is 0 Å². The Morgan fingerprint density at radius 1 is 1.53 bits per heavy atom. The highest BCUT2D eigenvalue weighted by atomic mass is 35.5. The van der Waals surface area contributed by atoms with E-state index in [1.807, 2.05) is 0 Å². The minimum atomic E-state index is -4.53. The number of carbonyl (C=O) groups is 1. The molecule has 0 radical (unpaired) electrons. The number of nitrogens with zero attached hydrogens (tertiary/aromatic N) is 1. The van der Waals surface area contributed by atoms with Gasteiger partial charge >= 0.3 is 12.1 Å². The number of pyridine rings is 1. The van der Waals surface area contributed by atoms with E-state index < -0.39 is 17.7 Å². The number of ether oxygens (including phenoxy) is 1. The summed E-state index contributed by atoms with van der Waals surface area (Å²) in [4.78, 5) is 14.4. The van der Waals surface area contributed by atoms with Crippen LogP contribution in [0.4, 0.5) is 13.2 Å². The van der Waals surface area contributed by atoms with Crippen molar-refractivity contribution < 1.29 is 22.7 Å². The molecule has 0 unspecified atom stereocenters. The van der Waals surface area contributed by atoms with E-state index in [0.29, 0.717) is 6.20 Å². The monoisotopic (exact) mass is 293 g/mol. The van der Waals surface area contributed by atoms with Gasteiger partial charge in [0, 0.05) is 6.20 Å². The quantitative estimate of drug-likeness (QED) is 0.627. The third-order valence-electron chi connectivity index (χ3n) is 2.10. The van der Waals surface area contributed by atoms with Gasteiger partial charge in [-0.3, -0.25) is 4.79 Å². The van der Waals surface area contributed by atoms with Crippen LogP contribution in [0, 0.1) is 0 Å². The van der Waals surface area contributed by atoms with Crippen LogP contribution < -0.4 is 0 Å². The van der Waals surface area contributed by atoms with Crippen molar-refractivity contribution in [2.24, 2.45) is 0 Å². The van der Waals surface area contributed by atoms with Crippen LogP contribution in [-0.2, 0) is 15.7 Å². The van der Waals surface area contributed by atoms with Crippen molar-refractivity contribution in [1.82, 2.24) is 4.98 Å². The molecule has 0 aliphatic carbocycles. The molecule has 0 saturated carbocycles. The fraction of sp³-hybridized carbons (Fsp3) is 0.333. The van der Waals surface area contributed by atoms with Crippen molar-refractivity contribution in [3.05, 3.63) is 34.6 Å². The number of esters is 1. The molecule has 0 bridgehead atoms. The second-order valence-corrected chi connectivity index (χ2v) is 3.89. The Hall–Kier alpha value is -1.56. The van der Waals surface area contributed by atoms with Gasteiger partial charge in [0.15, 0.2) is 0 Å². The number of hydrogen-bond donors (Lipinski definition) is 0. The summed E-state index contributed by atoms with van der Waals surface area (Å²) in [5, 5.41) is -0.0521. The topological polar surface area (TPSA) is 39.2 Å². The van der Waals surface area contributed by atoms with Crippen LogP contribution in [0.5, 0.6) is 0 Å². The van der Waals surface area contributed by atoms with E-state index in [1.165, 1.54) is 12.2 Å². The van der Waals surface area contributed by atoms with E-state index in [0.717, 1.165) is 6.07 Å². The van der Waals surface area contributed by atoms with Gasteiger partial charge in [-0.1, -0.05) is 23.8 Å². The first-order chi connectivity index (χ1) is 8.84. The number of alkyl halides is 3. The lowest BCUT2D eigenvalue weighted by molar-refractivity contribution is -0.142. The predicted octanol–water partition coefficient (Wildman–Crippen LogP) is 3.72. The molecule has 19 heavy (non-hydrogen) atoms. The molecule has 1 rings (SSSR count). The largest absolute Gasteiger partial charge is 0.466 e. The molecule has 0 amide bonds. The zero-order valence-corrected chi connectivity index (χ0v) is 10.8. The summed E-state index contributed by atoms with van der Waals surface area (Å²) in [6, 6.07) is 1.09. The summed E-state index contributed by atoms with van der Waals surface area (Å²) >= 11 is 5.55. The SMILES string of the molecule is CCOC(=O)CC=Cc1cc(Cl)ncc1C(F)(F)F. The van der Waals surface area contributed by atoms with Crippen LogP contribution in [0.2, 0.25) is 5.15 Å². The van der Waals surface area contributed by atoms with E-state index in [1.54, 1.807) is 6.92 Å².